The third kappa shape index (κ3) is 2.13. The zero-order valence-electron chi connectivity index (χ0n) is 11.0. The summed E-state index contributed by atoms with van der Waals surface area (Å²) in [5.41, 5.74) is 2.35. The average Bonchev–Trinajstić information content (AvgIpc) is 2.92. The Morgan fingerprint density at radius 1 is 1.10 bits per heavy atom. The number of halogens is 2. The van der Waals surface area contributed by atoms with Gasteiger partial charge in [-0.05, 0) is 36.2 Å². The molecular formula is C16H14F2N2. The Bertz CT molecular complexity index is 762. The maximum Gasteiger partial charge on any atom is 0.152 e. The van der Waals surface area contributed by atoms with Gasteiger partial charge in [-0.1, -0.05) is 18.2 Å². The van der Waals surface area contributed by atoms with Gasteiger partial charge in [0, 0.05) is 23.6 Å². The molecule has 0 saturated heterocycles. The summed E-state index contributed by atoms with van der Waals surface area (Å²) in [5.74, 6) is -1.11. The fraction of sp³-hybridized carbons (Fsp3) is 0.125. The van der Waals surface area contributed by atoms with E-state index in [2.05, 4.69) is 10.3 Å². The van der Waals surface area contributed by atoms with Crippen LogP contribution in [0.4, 0.5) is 14.5 Å². The van der Waals surface area contributed by atoms with E-state index in [9.17, 15) is 8.78 Å². The molecule has 102 valence electrons. The molecule has 0 bridgehead atoms. The van der Waals surface area contributed by atoms with E-state index in [-0.39, 0.29) is 5.69 Å². The van der Waals surface area contributed by atoms with Crippen molar-refractivity contribution in [1.29, 1.82) is 0 Å². The van der Waals surface area contributed by atoms with Gasteiger partial charge < -0.3 is 10.3 Å². The Balaban J connectivity index is 1.90. The second-order valence-corrected chi connectivity index (χ2v) is 4.76. The summed E-state index contributed by atoms with van der Waals surface area (Å²) in [6, 6.07) is 10.5. The second kappa shape index (κ2) is 4.96. The number of hydrogen-bond acceptors (Lipinski definition) is 1. The lowest BCUT2D eigenvalue weighted by Crippen LogP contribution is -2.05. The monoisotopic (exact) mass is 272 g/mol. The minimum Gasteiger partial charge on any atom is -0.376 e. The van der Waals surface area contributed by atoms with E-state index in [1.807, 2.05) is 30.5 Å². The van der Waals surface area contributed by atoms with E-state index < -0.39 is 11.6 Å². The van der Waals surface area contributed by atoms with Crippen LogP contribution in [0, 0.1) is 18.6 Å². The molecule has 3 aromatic rings. The summed E-state index contributed by atoms with van der Waals surface area (Å²) in [6.45, 7) is 1.99. The van der Waals surface area contributed by atoms with Gasteiger partial charge in [0.05, 0.1) is 0 Å². The zero-order chi connectivity index (χ0) is 14.1. The van der Waals surface area contributed by atoms with Gasteiger partial charge in [-0.2, -0.15) is 0 Å². The van der Waals surface area contributed by atoms with Crippen molar-refractivity contribution in [2.75, 3.05) is 5.32 Å². The molecule has 0 aliphatic heterocycles. The Kier molecular flexibility index (Phi) is 3.14. The van der Waals surface area contributed by atoms with E-state index >= 15 is 0 Å². The molecule has 0 radical (unpaired) electrons. The molecule has 0 spiro atoms. The highest BCUT2D eigenvalue weighted by molar-refractivity contribution is 5.83. The van der Waals surface area contributed by atoms with E-state index in [4.69, 9.17) is 0 Å². The van der Waals surface area contributed by atoms with Crippen molar-refractivity contribution >= 4 is 16.6 Å². The van der Waals surface area contributed by atoms with Crippen LogP contribution in [0.15, 0.2) is 42.6 Å². The van der Waals surface area contributed by atoms with Crippen molar-refractivity contribution in [3.8, 4) is 0 Å². The molecule has 0 unspecified atom stereocenters. The molecule has 0 atom stereocenters. The number of aryl methyl sites for hydroxylation is 1. The van der Waals surface area contributed by atoms with E-state index in [0.29, 0.717) is 12.1 Å². The third-order valence-electron chi connectivity index (χ3n) is 3.43. The van der Waals surface area contributed by atoms with Crippen LogP contribution in [0.3, 0.4) is 0 Å². The molecule has 0 amide bonds. The largest absolute Gasteiger partial charge is 0.376 e. The summed E-state index contributed by atoms with van der Waals surface area (Å²) < 4.78 is 27.6. The molecule has 0 aliphatic rings. The number of nitrogens with one attached hydrogen (secondary N) is 2. The average molecular weight is 272 g/mol. The lowest BCUT2D eigenvalue weighted by Gasteiger charge is -2.11. The number of benzene rings is 2. The van der Waals surface area contributed by atoms with Crippen molar-refractivity contribution in [2.45, 2.75) is 13.5 Å². The van der Waals surface area contributed by atoms with E-state index in [0.717, 1.165) is 16.5 Å². The van der Waals surface area contributed by atoms with Gasteiger partial charge in [-0.15, -0.1) is 0 Å². The molecule has 0 saturated carbocycles. The standard InChI is InChI=1S/C16H14F2N2/c1-10-5-6-13(17)16(15(10)18)20-9-11-3-2-4-14-12(11)7-8-19-14/h2-8,19-20H,9H2,1H3. The second-order valence-electron chi connectivity index (χ2n) is 4.76. The van der Waals surface area contributed by atoms with Crippen LogP contribution in [0.5, 0.6) is 0 Å². The van der Waals surface area contributed by atoms with Crippen LogP contribution in [0.1, 0.15) is 11.1 Å². The predicted molar refractivity (Wildman–Crippen MR) is 76.7 cm³/mol. The van der Waals surface area contributed by atoms with Crippen LogP contribution >= 0.6 is 0 Å². The number of aromatic nitrogens is 1. The lowest BCUT2D eigenvalue weighted by molar-refractivity contribution is 0.582. The maximum atomic E-state index is 13.9. The molecule has 2 nitrogen and oxygen atoms in total. The first-order valence-electron chi connectivity index (χ1n) is 6.40. The zero-order valence-corrected chi connectivity index (χ0v) is 11.0. The number of rotatable bonds is 3. The Hall–Kier alpha value is -2.36. The summed E-state index contributed by atoms with van der Waals surface area (Å²) in [5, 5.41) is 3.91. The quantitative estimate of drug-likeness (QED) is 0.728. The SMILES string of the molecule is Cc1ccc(F)c(NCc2cccc3[nH]ccc23)c1F. The number of fused-ring (bicyclic) bond motifs is 1. The number of aromatic amines is 1. The Morgan fingerprint density at radius 2 is 1.95 bits per heavy atom. The van der Waals surface area contributed by atoms with Gasteiger partial charge in [-0.3, -0.25) is 0 Å². The van der Waals surface area contributed by atoms with Crippen LogP contribution in [-0.4, -0.2) is 4.98 Å². The van der Waals surface area contributed by atoms with E-state index in [1.165, 1.54) is 12.1 Å². The van der Waals surface area contributed by atoms with Crippen molar-refractivity contribution in [2.24, 2.45) is 0 Å². The lowest BCUT2D eigenvalue weighted by atomic mass is 10.1. The van der Waals surface area contributed by atoms with Crippen molar-refractivity contribution in [3.63, 3.8) is 0 Å². The third-order valence-corrected chi connectivity index (χ3v) is 3.43. The fourth-order valence-electron chi connectivity index (χ4n) is 2.31. The summed E-state index contributed by atoms with van der Waals surface area (Å²) >= 11 is 0. The molecular weight excluding hydrogens is 258 g/mol. The first kappa shape index (κ1) is 12.7. The van der Waals surface area contributed by atoms with Gasteiger partial charge in [0.1, 0.15) is 11.5 Å². The molecule has 0 aliphatic carbocycles. The Morgan fingerprint density at radius 3 is 2.80 bits per heavy atom. The molecule has 0 fully saturated rings. The predicted octanol–water partition coefficient (Wildman–Crippen LogP) is 4.37. The molecule has 1 heterocycles. The van der Waals surface area contributed by atoms with Gasteiger partial charge in [0.15, 0.2) is 5.82 Å². The first-order chi connectivity index (χ1) is 9.66. The first-order valence-corrected chi connectivity index (χ1v) is 6.40. The minimum absolute atomic E-state index is 0.0717. The van der Waals surface area contributed by atoms with Crippen molar-refractivity contribution < 1.29 is 8.78 Å². The molecule has 20 heavy (non-hydrogen) atoms. The topological polar surface area (TPSA) is 27.8 Å². The number of H-pyrrole nitrogens is 1. The molecule has 3 rings (SSSR count). The van der Waals surface area contributed by atoms with Crippen molar-refractivity contribution in [3.05, 3.63) is 65.4 Å². The molecule has 2 aromatic carbocycles. The van der Waals surface area contributed by atoms with Gasteiger partial charge in [0.25, 0.3) is 0 Å². The Labute approximate surface area is 115 Å². The molecule has 2 N–H and O–H groups in total. The number of hydrogen-bond donors (Lipinski definition) is 2. The van der Waals surface area contributed by atoms with Crippen LogP contribution in [0.2, 0.25) is 0 Å². The van der Waals surface area contributed by atoms with Crippen LogP contribution in [0.25, 0.3) is 10.9 Å². The highest BCUT2D eigenvalue weighted by Crippen LogP contribution is 2.24. The van der Waals surface area contributed by atoms with Crippen molar-refractivity contribution in [1.82, 2.24) is 4.98 Å². The molecule has 4 heteroatoms. The van der Waals surface area contributed by atoms with Crippen LogP contribution in [-0.2, 0) is 6.54 Å². The van der Waals surface area contributed by atoms with Gasteiger partial charge in [0.2, 0.25) is 0 Å². The smallest absolute Gasteiger partial charge is 0.152 e. The van der Waals surface area contributed by atoms with Gasteiger partial charge >= 0.3 is 0 Å². The van der Waals surface area contributed by atoms with Crippen LogP contribution < -0.4 is 5.32 Å². The molecule has 1 aromatic heterocycles. The van der Waals surface area contributed by atoms with Gasteiger partial charge in [-0.25, -0.2) is 8.78 Å². The minimum atomic E-state index is -0.575. The fourth-order valence-corrected chi connectivity index (χ4v) is 2.31. The number of anilines is 1. The normalized spacial score (nSPS) is 10.9. The highest BCUT2D eigenvalue weighted by Gasteiger charge is 2.11. The summed E-state index contributed by atoms with van der Waals surface area (Å²) in [4.78, 5) is 3.11. The maximum absolute atomic E-state index is 13.9. The summed E-state index contributed by atoms with van der Waals surface area (Å²) in [6.07, 6.45) is 1.85. The summed E-state index contributed by atoms with van der Waals surface area (Å²) in [7, 11) is 0. The van der Waals surface area contributed by atoms with E-state index in [1.54, 1.807) is 6.92 Å². The highest BCUT2D eigenvalue weighted by atomic mass is 19.1.